The monoisotopic (exact) mass is 339 g/mol. The van der Waals surface area contributed by atoms with Crippen LogP contribution in [0.25, 0.3) is 0 Å². The fourth-order valence-corrected chi connectivity index (χ4v) is 2.97. The van der Waals surface area contributed by atoms with Crippen LogP contribution < -0.4 is 16.4 Å². The molecule has 1 amide bonds. The summed E-state index contributed by atoms with van der Waals surface area (Å²) in [5, 5.41) is 29.3. The van der Waals surface area contributed by atoms with Gasteiger partial charge in [0.1, 0.15) is 47.8 Å². The van der Waals surface area contributed by atoms with Crippen molar-refractivity contribution in [3.8, 4) is 0 Å². The van der Waals surface area contributed by atoms with E-state index in [1.165, 1.54) is 4.90 Å². The highest BCUT2D eigenvalue weighted by Gasteiger charge is 2.49. The first-order chi connectivity index (χ1) is 11.4. The van der Waals surface area contributed by atoms with Crippen molar-refractivity contribution in [3.63, 3.8) is 0 Å². The third kappa shape index (κ3) is 2.38. The second kappa shape index (κ2) is 5.94. The molecule has 3 rings (SSSR count). The Morgan fingerprint density at radius 1 is 1.38 bits per heavy atom. The fraction of sp³-hybridized carbons (Fsp3) is 0.538. The summed E-state index contributed by atoms with van der Waals surface area (Å²) in [5.74, 6) is -2.77. The van der Waals surface area contributed by atoms with Gasteiger partial charge in [-0.3, -0.25) is 9.59 Å². The number of aliphatic hydroxyl groups is 3. The topological polar surface area (TPSA) is 185 Å². The third-order valence-electron chi connectivity index (χ3n) is 4.24. The minimum atomic E-state index is -1.40. The number of aromatic nitrogens is 2. The quantitative estimate of drug-likeness (QED) is 0.348. The van der Waals surface area contributed by atoms with Gasteiger partial charge >= 0.3 is 0 Å². The Morgan fingerprint density at radius 3 is 2.67 bits per heavy atom. The molecule has 1 saturated heterocycles. The summed E-state index contributed by atoms with van der Waals surface area (Å²) in [5.41, 5.74) is 10.9. The van der Waals surface area contributed by atoms with Crippen molar-refractivity contribution in [2.75, 3.05) is 23.8 Å². The first kappa shape index (κ1) is 16.5. The zero-order valence-corrected chi connectivity index (χ0v) is 12.4. The fourth-order valence-electron chi connectivity index (χ4n) is 2.97. The van der Waals surface area contributed by atoms with Gasteiger partial charge in [-0.1, -0.05) is 0 Å². The SMILES string of the molecule is NC(=O)C1CN([C@@H]2O[C@H](CO)[C@@H](O)[C@H]2O)c2ncnc(N)c2C1=O. The molecule has 0 radical (unpaired) electrons. The van der Waals surface area contributed by atoms with Gasteiger partial charge in [-0.05, 0) is 0 Å². The van der Waals surface area contributed by atoms with E-state index in [1.807, 2.05) is 0 Å². The van der Waals surface area contributed by atoms with Crippen molar-refractivity contribution in [1.82, 2.24) is 9.97 Å². The lowest BCUT2D eigenvalue weighted by Crippen LogP contribution is -2.53. The Kier molecular flexibility index (Phi) is 4.09. The van der Waals surface area contributed by atoms with Crippen LogP contribution in [0.1, 0.15) is 10.4 Å². The van der Waals surface area contributed by atoms with Gasteiger partial charge in [0, 0.05) is 6.54 Å². The predicted octanol–water partition coefficient (Wildman–Crippen LogP) is -3.40. The molecule has 0 aromatic carbocycles. The molecule has 1 aromatic rings. The van der Waals surface area contributed by atoms with E-state index < -0.39 is 48.8 Å². The molecule has 11 nitrogen and oxygen atoms in total. The van der Waals surface area contributed by atoms with Crippen LogP contribution in [-0.4, -0.2) is 74.7 Å². The molecule has 3 heterocycles. The molecular formula is C13H17N5O6. The number of amides is 1. The van der Waals surface area contributed by atoms with E-state index in [4.69, 9.17) is 16.2 Å². The number of hydrogen-bond donors (Lipinski definition) is 5. The molecule has 1 unspecified atom stereocenters. The van der Waals surface area contributed by atoms with Crippen LogP contribution in [-0.2, 0) is 9.53 Å². The molecule has 11 heteroatoms. The number of hydrogen-bond acceptors (Lipinski definition) is 10. The number of fused-ring (bicyclic) bond motifs is 1. The van der Waals surface area contributed by atoms with E-state index in [9.17, 15) is 24.9 Å². The first-order valence-electron chi connectivity index (χ1n) is 7.20. The summed E-state index contributed by atoms with van der Waals surface area (Å²) in [7, 11) is 0. The van der Waals surface area contributed by atoms with Gasteiger partial charge < -0.3 is 36.4 Å². The maximum absolute atomic E-state index is 12.4. The van der Waals surface area contributed by atoms with Gasteiger partial charge in [0.15, 0.2) is 12.0 Å². The number of nitrogens with zero attached hydrogens (tertiary/aromatic N) is 3. The summed E-state index contributed by atoms with van der Waals surface area (Å²) >= 11 is 0. The van der Waals surface area contributed by atoms with Crippen LogP contribution in [0.3, 0.4) is 0 Å². The maximum Gasteiger partial charge on any atom is 0.230 e. The molecule has 2 aliphatic rings. The largest absolute Gasteiger partial charge is 0.394 e. The number of nitrogens with two attached hydrogens (primary N) is 2. The smallest absolute Gasteiger partial charge is 0.230 e. The number of carbonyl (C=O) groups is 2. The minimum Gasteiger partial charge on any atom is -0.394 e. The average molecular weight is 339 g/mol. The molecule has 130 valence electrons. The van der Waals surface area contributed by atoms with Crippen LogP contribution >= 0.6 is 0 Å². The van der Waals surface area contributed by atoms with Crippen molar-refractivity contribution in [2.24, 2.45) is 11.7 Å². The normalized spacial score (nSPS) is 32.7. The number of Topliss-reactive ketones (excluding diaryl/α,β-unsaturated/α-hetero) is 1. The molecule has 0 saturated carbocycles. The zero-order chi connectivity index (χ0) is 17.6. The first-order valence-corrected chi connectivity index (χ1v) is 7.20. The van der Waals surface area contributed by atoms with Gasteiger partial charge in [-0.25, -0.2) is 9.97 Å². The summed E-state index contributed by atoms with van der Waals surface area (Å²) in [6, 6.07) is 0. The van der Waals surface area contributed by atoms with E-state index in [0.29, 0.717) is 0 Å². The number of carbonyl (C=O) groups excluding carboxylic acids is 2. The Labute approximate surface area is 135 Å². The van der Waals surface area contributed by atoms with Crippen molar-refractivity contribution < 1.29 is 29.6 Å². The number of primary amides is 1. The summed E-state index contributed by atoms with van der Waals surface area (Å²) in [4.78, 5) is 33.1. The summed E-state index contributed by atoms with van der Waals surface area (Å²) < 4.78 is 5.45. The Hall–Kier alpha value is -2.34. The number of rotatable bonds is 3. The van der Waals surface area contributed by atoms with Crippen LogP contribution in [0.5, 0.6) is 0 Å². The molecule has 1 aromatic heterocycles. The van der Waals surface area contributed by atoms with E-state index in [1.54, 1.807) is 0 Å². The van der Waals surface area contributed by atoms with Crippen LogP contribution in [0.15, 0.2) is 6.33 Å². The number of nitrogen functional groups attached to an aromatic ring is 1. The molecule has 0 aliphatic carbocycles. The highest BCUT2D eigenvalue weighted by atomic mass is 16.6. The van der Waals surface area contributed by atoms with Crippen molar-refractivity contribution in [3.05, 3.63) is 11.9 Å². The lowest BCUT2D eigenvalue weighted by atomic mass is 9.92. The number of ketones is 1. The van der Waals surface area contributed by atoms with Crippen LogP contribution in [0.4, 0.5) is 11.6 Å². The van der Waals surface area contributed by atoms with Crippen LogP contribution in [0.2, 0.25) is 0 Å². The zero-order valence-electron chi connectivity index (χ0n) is 12.4. The molecule has 2 aliphatic heterocycles. The summed E-state index contributed by atoms with van der Waals surface area (Å²) in [6.07, 6.45) is -3.77. The van der Waals surface area contributed by atoms with Gasteiger partial charge in [-0.15, -0.1) is 0 Å². The van der Waals surface area contributed by atoms with E-state index in [0.717, 1.165) is 6.33 Å². The maximum atomic E-state index is 12.4. The van der Waals surface area contributed by atoms with Gasteiger partial charge in [0.25, 0.3) is 0 Å². The lowest BCUT2D eigenvalue weighted by Gasteiger charge is -2.37. The van der Waals surface area contributed by atoms with Crippen molar-refractivity contribution in [2.45, 2.75) is 24.5 Å². The Morgan fingerprint density at radius 2 is 2.08 bits per heavy atom. The average Bonchev–Trinajstić information content (AvgIpc) is 2.83. The highest BCUT2D eigenvalue weighted by molar-refractivity contribution is 6.16. The van der Waals surface area contributed by atoms with Gasteiger partial charge in [0.05, 0.1) is 6.61 Å². The molecule has 0 spiro atoms. The summed E-state index contributed by atoms with van der Waals surface area (Å²) in [6.45, 7) is -0.719. The Bertz CT molecular complexity index is 685. The van der Waals surface area contributed by atoms with E-state index >= 15 is 0 Å². The van der Waals surface area contributed by atoms with E-state index in [2.05, 4.69) is 9.97 Å². The van der Waals surface area contributed by atoms with Crippen molar-refractivity contribution >= 4 is 23.3 Å². The highest BCUT2D eigenvalue weighted by Crippen LogP contribution is 2.35. The second-order valence-corrected chi connectivity index (χ2v) is 5.66. The molecule has 1 fully saturated rings. The Balaban J connectivity index is 2.05. The standard InChI is InChI=1S/C13H17N5O6/c14-10-6-7(20)4(11(15)23)1-18(12(6)17-3-16-10)13-9(22)8(21)5(2-19)24-13/h3-5,8-9,13,19,21-22H,1-2H2,(H2,15,23)(H2,14,16,17)/t4?,5-,8-,9-,13-/m1/s1. The van der Waals surface area contributed by atoms with Gasteiger partial charge in [-0.2, -0.15) is 0 Å². The number of aliphatic hydroxyl groups excluding tert-OH is 3. The second-order valence-electron chi connectivity index (χ2n) is 5.66. The molecule has 5 atom stereocenters. The lowest BCUT2D eigenvalue weighted by molar-refractivity contribution is -0.120. The number of anilines is 2. The molecule has 7 N–H and O–H groups in total. The van der Waals surface area contributed by atoms with Crippen molar-refractivity contribution in [1.29, 1.82) is 0 Å². The third-order valence-corrected chi connectivity index (χ3v) is 4.24. The van der Waals surface area contributed by atoms with Gasteiger partial charge in [0.2, 0.25) is 5.91 Å². The van der Waals surface area contributed by atoms with E-state index in [-0.39, 0.29) is 23.7 Å². The predicted molar refractivity (Wildman–Crippen MR) is 78.6 cm³/mol. The molecular weight excluding hydrogens is 322 g/mol. The number of ether oxygens (including phenoxy) is 1. The minimum absolute atomic E-state index is 0.0693. The van der Waals surface area contributed by atoms with Crippen LogP contribution in [0, 0.1) is 5.92 Å². The molecule has 0 bridgehead atoms. The molecule has 24 heavy (non-hydrogen) atoms.